The van der Waals surface area contributed by atoms with Crippen LogP contribution in [0.4, 0.5) is 0 Å². The van der Waals surface area contributed by atoms with Crippen molar-refractivity contribution in [3.63, 3.8) is 0 Å². The van der Waals surface area contributed by atoms with Gasteiger partial charge in [-0.2, -0.15) is 0 Å². The second-order valence-corrected chi connectivity index (χ2v) is 5.32. The normalized spacial score (nSPS) is 10.8. The molecule has 4 nitrogen and oxygen atoms in total. The number of aryl methyl sites for hydroxylation is 1. The second kappa shape index (κ2) is 6.12. The summed E-state index contributed by atoms with van der Waals surface area (Å²) in [5.74, 6) is -0.865. The molecule has 0 unspecified atom stereocenters. The van der Waals surface area contributed by atoms with Crippen LogP contribution in [0.3, 0.4) is 0 Å². The fourth-order valence-electron chi connectivity index (χ4n) is 1.75. The summed E-state index contributed by atoms with van der Waals surface area (Å²) in [4.78, 5) is 15.1. The zero-order valence-corrected chi connectivity index (χ0v) is 11.7. The molecule has 6 heteroatoms. The van der Waals surface area contributed by atoms with Gasteiger partial charge in [0.25, 0.3) is 0 Å². The van der Waals surface area contributed by atoms with E-state index >= 15 is 0 Å². The van der Waals surface area contributed by atoms with Gasteiger partial charge in [-0.25, -0.2) is 4.98 Å². The number of carboxylic acid groups (broad SMARTS) is 1. The van der Waals surface area contributed by atoms with Gasteiger partial charge in [0, 0.05) is 11.6 Å². The Bertz CT molecular complexity index is 624. The first-order valence-electron chi connectivity index (χ1n) is 5.73. The molecule has 1 aromatic heterocycles. The third-order valence-corrected chi connectivity index (χ3v) is 3.75. The Morgan fingerprint density at radius 1 is 1.58 bits per heavy atom. The first-order chi connectivity index (χ1) is 9.11. The molecule has 19 heavy (non-hydrogen) atoms. The molecule has 1 N–H and O–H groups in total. The zero-order valence-electron chi connectivity index (χ0n) is 10.2. The maximum atomic E-state index is 10.7. The summed E-state index contributed by atoms with van der Waals surface area (Å²) in [6, 6.07) is 5.46. The van der Waals surface area contributed by atoms with Crippen LogP contribution in [-0.4, -0.2) is 26.4 Å². The molecule has 0 spiro atoms. The van der Waals surface area contributed by atoms with E-state index in [4.69, 9.17) is 16.7 Å². The van der Waals surface area contributed by atoms with Gasteiger partial charge in [-0.15, -0.1) is 6.58 Å². The summed E-state index contributed by atoms with van der Waals surface area (Å²) >= 11 is 7.21. The highest BCUT2D eigenvalue weighted by Gasteiger charge is 2.12. The number of imidazole rings is 1. The number of carboxylic acids is 1. The Balaban J connectivity index is 2.42. The van der Waals surface area contributed by atoms with Crippen molar-refractivity contribution in [1.82, 2.24) is 9.55 Å². The molecule has 0 atom stereocenters. The number of benzene rings is 1. The van der Waals surface area contributed by atoms with Gasteiger partial charge in [0.15, 0.2) is 5.16 Å². The van der Waals surface area contributed by atoms with Crippen LogP contribution in [0.5, 0.6) is 0 Å². The molecule has 2 aromatic rings. The smallest absolute Gasteiger partial charge is 0.313 e. The van der Waals surface area contributed by atoms with Gasteiger partial charge < -0.3 is 9.67 Å². The molecular weight excluding hydrogens is 284 g/mol. The number of hydrogen-bond acceptors (Lipinski definition) is 3. The van der Waals surface area contributed by atoms with Gasteiger partial charge in [-0.1, -0.05) is 29.4 Å². The van der Waals surface area contributed by atoms with Gasteiger partial charge in [0.05, 0.1) is 16.8 Å². The number of hydrogen-bond donors (Lipinski definition) is 1. The van der Waals surface area contributed by atoms with Crippen LogP contribution in [0.25, 0.3) is 11.0 Å². The third kappa shape index (κ3) is 3.30. The van der Waals surface area contributed by atoms with E-state index in [1.54, 1.807) is 6.07 Å². The average Bonchev–Trinajstić information content (AvgIpc) is 2.71. The SMILES string of the molecule is C=CCCn1c(SCC(=O)O)nc2ccc(Cl)cc21. The lowest BCUT2D eigenvalue weighted by Crippen LogP contribution is -2.03. The lowest BCUT2D eigenvalue weighted by molar-refractivity contribution is -0.133. The van der Waals surface area contributed by atoms with E-state index in [0.29, 0.717) is 16.7 Å². The fraction of sp³-hybridized carbons (Fsp3) is 0.231. The average molecular weight is 297 g/mol. The predicted octanol–water partition coefficient (Wildman–Crippen LogP) is 3.44. The van der Waals surface area contributed by atoms with Crippen LogP contribution < -0.4 is 0 Å². The van der Waals surface area contributed by atoms with Gasteiger partial charge >= 0.3 is 5.97 Å². The Labute approximate surface area is 120 Å². The van der Waals surface area contributed by atoms with Crippen molar-refractivity contribution in [3.05, 3.63) is 35.9 Å². The lowest BCUT2D eigenvalue weighted by atomic mass is 10.3. The molecule has 100 valence electrons. The maximum Gasteiger partial charge on any atom is 0.313 e. The molecule has 0 amide bonds. The highest BCUT2D eigenvalue weighted by Crippen LogP contribution is 2.26. The number of fused-ring (bicyclic) bond motifs is 1. The first kappa shape index (κ1) is 14.0. The maximum absolute atomic E-state index is 10.7. The number of aliphatic carboxylic acids is 1. The van der Waals surface area contributed by atoms with E-state index in [1.165, 1.54) is 11.8 Å². The number of allylic oxidation sites excluding steroid dienone is 1. The van der Waals surface area contributed by atoms with Crippen LogP contribution in [0.15, 0.2) is 36.0 Å². The molecule has 0 saturated carbocycles. The molecular formula is C13H13ClN2O2S. The lowest BCUT2D eigenvalue weighted by Gasteiger charge is -2.06. The van der Waals surface area contributed by atoms with Crippen molar-refractivity contribution in [1.29, 1.82) is 0 Å². The number of aromatic nitrogens is 2. The number of carbonyl (C=O) groups is 1. The van der Waals surface area contributed by atoms with E-state index in [9.17, 15) is 4.79 Å². The fourth-order valence-corrected chi connectivity index (χ4v) is 2.67. The highest BCUT2D eigenvalue weighted by molar-refractivity contribution is 7.99. The summed E-state index contributed by atoms with van der Waals surface area (Å²) in [6.45, 7) is 4.41. The van der Waals surface area contributed by atoms with Crippen molar-refractivity contribution >= 4 is 40.4 Å². The Morgan fingerprint density at radius 3 is 3.05 bits per heavy atom. The monoisotopic (exact) mass is 296 g/mol. The molecule has 0 aliphatic heterocycles. The van der Waals surface area contributed by atoms with Crippen molar-refractivity contribution in [2.24, 2.45) is 0 Å². The van der Waals surface area contributed by atoms with Crippen LogP contribution >= 0.6 is 23.4 Å². The Morgan fingerprint density at radius 2 is 2.37 bits per heavy atom. The summed E-state index contributed by atoms with van der Waals surface area (Å²) in [5, 5.41) is 10.1. The minimum atomic E-state index is -0.856. The minimum absolute atomic E-state index is 0.00879. The Hall–Kier alpha value is -1.46. The molecule has 1 heterocycles. The Kier molecular flexibility index (Phi) is 4.50. The van der Waals surface area contributed by atoms with E-state index in [2.05, 4.69) is 11.6 Å². The molecule has 2 rings (SSSR count). The van der Waals surface area contributed by atoms with Gasteiger partial charge in [-0.05, 0) is 24.6 Å². The van der Waals surface area contributed by atoms with E-state index in [-0.39, 0.29) is 5.75 Å². The third-order valence-electron chi connectivity index (χ3n) is 2.56. The van der Waals surface area contributed by atoms with Crippen molar-refractivity contribution in [2.75, 3.05) is 5.75 Å². The molecule has 0 aliphatic rings. The van der Waals surface area contributed by atoms with Crippen LogP contribution in [-0.2, 0) is 11.3 Å². The topological polar surface area (TPSA) is 55.1 Å². The van der Waals surface area contributed by atoms with E-state index in [0.717, 1.165) is 17.5 Å². The van der Waals surface area contributed by atoms with E-state index in [1.807, 2.05) is 22.8 Å². The van der Waals surface area contributed by atoms with Crippen LogP contribution in [0.2, 0.25) is 5.02 Å². The highest BCUT2D eigenvalue weighted by atomic mass is 35.5. The molecule has 0 aliphatic carbocycles. The second-order valence-electron chi connectivity index (χ2n) is 3.94. The standard InChI is InChI=1S/C13H13ClN2O2S/c1-2-3-6-16-11-7-9(14)4-5-10(11)15-13(16)19-8-12(17)18/h2,4-5,7H,1,3,6,8H2,(H,17,18). The largest absolute Gasteiger partial charge is 0.481 e. The van der Waals surface area contributed by atoms with Crippen molar-refractivity contribution in [2.45, 2.75) is 18.1 Å². The first-order valence-corrected chi connectivity index (χ1v) is 7.09. The molecule has 0 bridgehead atoms. The van der Waals surface area contributed by atoms with Gasteiger partial charge in [0.1, 0.15) is 0 Å². The predicted molar refractivity (Wildman–Crippen MR) is 77.9 cm³/mol. The van der Waals surface area contributed by atoms with Gasteiger partial charge in [-0.3, -0.25) is 4.79 Å². The minimum Gasteiger partial charge on any atom is -0.481 e. The summed E-state index contributed by atoms with van der Waals surface area (Å²) in [5.41, 5.74) is 1.74. The molecule has 0 radical (unpaired) electrons. The quantitative estimate of drug-likeness (QED) is 0.655. The van der Waals surface area contributed by atoms with Gasteiger partial charge in [0.2, 0.25) is 0 Å². The molecule has 0 fully saturated rings. The molecule has 1 aromatic carbocycles. The van der Waals surface area contributed by atoms with Crippen LogP contribution in [0.1, 0.15) is 6.42 Å². The number of nitrogens with zero attached hydrogens (tertiary/aromatic N) is 2. The zero-order chi connectivity index (χ0) is 13.8. The number of rotatable bonds is 6. The van der Waals surface area contributed by atoms with Crippen LogP contribution in [0, 0.1) is 0 Å². The number of thioether (sulfide) groups is 1. The number of halogens is 1. The summed E-state index contributed by atoms with van der Waals surface area (Å²) in [6.07, 6.45) is 2.61. The summed E-state index contributed by atoms with van der Waals surface area (Å²) in [7, 11) is 0. The van der Waals surface area contributed by atoms with E-state index < -0.39 is 5.97 Å². The van der Waals surface area contributed by atoms with Crippen molar-refractivity contribution < 1.29 is 9.90 Å². The summed E-state index contributed by atoms with van der Waals surface area (Å²) < 4.78 is 1.98. The molecule has 0 saturated heterocycles. The van der Waals surface area contributed by atoms with Crippen molar-refractivity contribution in [3.8, 4) is 0 Å².